The molecule has 0 N–H and O–H groups in total. The van der Waals surface area contributed by atoms with Gasteiger partial charge in [0.1, 0.15) is 5.82 Å². The first-order valence-electron chi connectivity index (χ1n) is 4.87. The average molecular weight is 277 g/mol. The first-order chi connectivity index (χ1) is 7.16. The van der Waals surface area contributed by atoms with Gasteiger partial charge in [0.05, 0.1) is 6.20 Å². The van der Waals surface area contributed by atoms with E-state index in [9.17, 15) is 8.78 Å². The molecule has 1 aliphatic rings. The molecule has 2 nitrogen and oxygen atoms in total. The fourth-order valence-corrected chi connectivity index (χ4v) is 2.11. The lowest BCUT2D eigenvalue weighted by molar-refractivity contribution is 0.544. The second-order valence-electron chi connectivity index (χ2n) is 3.62. The molecule has 0 radical (unpaired) electrons. The van der Waals surface area contributed by atoms with Gasteiger partial charge in [-0.1, -0.05) is 15.9 Å². The molecule has 15 heavy (non-hydrogen) atoms. The van der Waals surface area contributed by atoms with Crippen LogP contribution in [0.3, 0.4) is 0 Å². The molecule has 5 heteroatoms. The monoisotopic (exact) mass is 276 g/mol. The van der Waals surface area contributed by atoms with Gasteiger partial charge in [-0.05, 0) is 12.8 Å². The van der Waals surface area contributed by atoms with Crippen molar-refractivity contribution in [3.05, 3.63) is 23.9 Å². The van der Waals surface area contributed by atoms with E-state index in [1.54, 1.807) is 0 Å². The third-order valence-electron chi connectivity index (χ3n) is 2.51. The van der Waals surface area contributed by atoms with Crippen LogP contribution in [0, 0.1) is 11.6 Å². The Morgan fingerprint density at radius 1 is 1.33 bits per heavy atom. The van der Waals surface area contributed by atoms with Crippen molar-refractivity contribution in [3.63, 3.8) is 0 Å². The molecule has 0 aromatic carbocycles. The van der Waals surface area contributed by atoms with E-state index in [0.29, 0.717) is 4.83 Å². The molecule has 0 aliphatic carbocycles. The largest absolute Gasteiger partial charge is 0.354 e. The van der Waals surface area contributed by atoms with Crippen LogP contribution in [0.15, 0.2) is 12.3 Å². The number of pyridine rings is 1. The molecule has 0 atom stereocenters. The first kappa shape index (κ1) is 10.8. The number of aromatic nitrogens is 1. The van der Waals surface area contributed by atoms with Crippen molar-refractivity contribution in [1.82, 2.24) is 4.98 Å². The second kappa shape index (κ2) is 4.43. The van der Waals surface area contributed by atoms with Crippen LogP contribution in [0.1, 0.15) is 12.8 Å². The van der Waals surface area contributed by atoms with Crippen LogP contribution in [-0.4, -0.2) is 22.9 Å². The summed E-state index contributed by atoms with van der Waals surface area (Å²) in [5.74, 6) is -0.953. The molecule has 0 amide bonds. The fourth-order valence-electron chi connectivity index (χ4n) is 1.70. The highest BCUT2D eigenvalue weighted by molar-refractivity contribution is 9.09. The summed E-state index contributed by atoms with van der Waals surface area (Å²) in [6, 6.07) is 0.878. The van der Waals surface area contributed by atoms with Gasteiger partial charge >= 0.3 is 0 Å². The van der Waals surface area contributed by atoms with Gasteiger partial charge in [0.25, 0.3) is 0 Å². The van der Waals surface area contributed by atoms with Crippen LogP contribution in [0.5, 0.6) is 0 Å². The predicted octanol–water partition coefficient (Wildman–Crippen LogP) is 2.72. The summed E-state index contributed by atoms with van der Waals surface area (Å²) in [7, 11) is 0. The Morgan fingerprint density at radius 3 is 2.60 bits per heavy atom. The zero-order chi connectivity index (χ0) is 10.8. The Morgan fingerprint density at radius 2 is 2.00 bits per heavy atom. The van der Waals surface area contributed by atoms with Crippen LogP contribution in [0.4, 0.5) is 14.6 Å². The summed E-state index contributed by atoms with van der Waals surface area (Å²) in [6.07, 6.45) is 2.97. The standard InChI is InChI=1S/C10H11BrF2N2/c11-7-1-3-15(4-2-7)10-9(13)5-8(12)6-14-10/h5-7H,1-4H2. The quantitative estimate of drug-likeness (QED) is 0.734. The van der Waals surface area contributed by atoms with Gasteiger partial charge in [0, 0.05) is 24.0 Å². The maximum atomic E-state index is 13.4. The van der Waals surface area contributed by atoms with E-state index in [1.165, 1.54) is 0 Å². The van der Waals surface area contributed by atoms with E-state index >= 15 is 0 Å². The summed E-state index contributed by atoms with van der Waals surface area (Å²) < 4.78 is 26.0. The van der Waals surface area contributed by atoms with Gasteiger partial charge in [-0.2, -0.15) is 0 Å². The summed E-state index contributed by atoms with van der Waals surface area (Å²) >= 11 is 3.52. The smallest absolute Gasteiger partial charge is 0.168 e. The van der Waals surface area contributed by atoms with E-state index < -0.39 is 11.6 Å². The lowest BCUT2D eigenvalue weighted by atomic mass is 10.1. The second-order valence-corrected chi connectivity index (χ2v) is 4.92. The molecule has 1 fully saturated rings. The van der Waals surface area contributed by atoms with Crippen LogP contribution in [0.25, 0.3) is 0 Å². The van der Waals surface area contributed by atoms with Gasteiger partial charge < -0.3 is 4.90 Å². The highest BCUT2D eigenvalue weighted by atomic mass is 79.9. The summed E-state index contributed by atoms with van der Waals surface area (Å²) in [5.41, 5.74) is 0. The van der Waals surface area contributed by atoms with E-state index in [4.69, 9.17) is 0 Å². The molecule has 1 aliphatic heterocycles. The van der Waals surface area contributed by atoms with Crippen molar-refractivity contribution in [2.75, 3.05) is 18.0 Å². The topological polar surface area (TPSA) is 16.1 Å². The minimum Gasteiger partial charge on any atom is -0.354 e. The molecule has 1 aromatic heterocycles. The van der Waals surface area contributed by atoms with Crippen molar-refractivity contribution in [2.45, 2.75) is 17.7 Å². The fraction of sp³-hybridized carbons (Fsp3) is 0.500. The number of hydrogen-bond acceptors (Lipinski definition) is 2. The molecule has 2 rings (SSSR count). The minimum absolute atomic E-state index is 0.260. The van der Waals surface area contributed by atoms with Crippen molar-refractivity contribution in [3.8, 4) is 0 Å². The van der Waals surface area contributed by atoms with Crippen LogP contribution >= 0.6 is 15.9 Å². The molecule has 0 saturated carbocycles. The number of nitrogens with zero attached hydrogens (tertiary/aromatic N) is 2. The lowest BCUT2D eigenvalue weighted by Crippen LogP contribution is -2.35. The average Bonchev–Trinajstić information content (AvgIpc) is 2.20. The molecule has 0 unspecified atom stereocenters. The number of alkyl halides is 1. The lowest BCUT2D eigenvalue weighted by Gasteiger charge is -2.30. The Balaban J connectivity index is 2.15. The van der Waals surface area contributed by atoms with Crippen molar-refractivity contribution in [1.29, 1.82) is 0 Å². The third-order valence-corrected chi connectivity index (χ3v) is 3.43. The highest BCUT2D eigenvalue weighted by Gasteiger charge is 2.20. The summed E-state index contributed by atoms with van der Waals surface area (Å²) in [5, 5.41) is 0. The maximum absolute atomic E-state index is 13.4. The zero-order valence-corrected chi connectivity index (χ0v) is 9.67. The van der Waals surface area contributed by atoms with Crippen LogP contribution < -0.4 is 4.90 Å². The van der Waals surface area contributed by atoms with Crippen LogP contribution in [0.2, 0.25) is 0 Å². The predicted molar refractivity (Wildman–Crippen MR) is 58.3 cm³/mol. The van der Waals surface area contributed by atoms with Crippen molar-refractivity contribution >= 4 is 21.7 Å². The van der Waals surface area contributed by atoms with E-state index in [1.807, 2.05) is 4.90 Å². The number of rotatable bonds is 1. The number of piperidine rings is 1. The maximum Gasteiger partial charge on any atom is 0.168 e. The zero-order valence-electron chi connectivity index (χ0n) is 8.09. The van der Waals surface area contributed by atoms with Crippen molar-refractivity contribution < 1.29 is 8.78 Å². The van der Waals surface area contributed by atoms with Gasteiger partial charge in [-0.3, -0.25) is 0 Å². The molecular weight excluding hydrogens is 266 g/mol. The molecule has 82 valence electrons. The Hall–Kier alpha value is -0.710. The third kappa shape index (κ3) is 2.45. The van der Waals surface area contributed by atoms with Gasteiger partial charge in [0.15, 0.2) is 11.6 Å². The van der Waals surface area contributed by atoms with Crippen LogP contribution in [-0.2, 0) is 0 Å². The molecule has 0 spiro atoms. The molecule has 0 bridgehead atoms. The number of halogens is 3. The van der Waals surface area contributed by atoms with Gasteiger partial charge in [-0.25, -0.2) is 13.8 Å². The Labute approximate surface area is 95.4 Å². The van der Waals surface area contributed by atoms with E-state index in [2.05, 4.69) is 20.9 Å². The highest BCUT2D eigenvalue weighted by Crippen LogP contribution is 2.23. The Bertz CT molecular complexity index is 351. The SMILES string of the molecule is Fc1cnc(N2CCC(Br)CC2)c(F)c1. The normalized spacial score (nSPS) is 18.2. The van der Waals surface area contributed by atoms with Gasteiger partial charge in [0.2, 0.25) is 0 Å². The number of hydrogen-bond donors (Lipinski definition) is 0. The molecular formula is C10H11BrF2N2. The summed E-state index contributed by atoms with van der Waals surface area (Å²) in [6.45, 7) is 1.51. The van der Waals surface area contributed by atoms with Crippen molar-refractivity contribution in [2.24, 2.45) is 0 Å². The first-order valence-corrected chi connectivity index (χ1v) is 5.78. The van der Waals surface area contributed by atoms with E-state index in [-0.39, 0.29) is 5.82 Å². The number of anilines is 1. The molecule has 1 aromatic rings. The Kier molecular flexibility index (Phi) is 3.19. The molecule has 1 saturated heterocycles. The summed E-state index contributed by atoms with van der Waals surface area (Å²) in [4.78, 5) is 6.14. The minimum atomic E-state index is -0.633. The molecule has 2 heterocycles. The van der Waals surface area contributed by atoms with Gasteiger partial charge in [-0.15, -0.1) is 0 Å². The van der Waals surface area contributed by atoms with E-state index in [0.717, 1.165) is 38.2 Å².